The number of hydrogen-bond acceptors (Lipinski definition) is 8. The van der Waals surface area contributed by atoms with Gasteiger partial charge < -0.3 is 9.40 Å². The fourth-order valence-electron chi connectivity index (χ4n) is 3.83. The lowest BCUT2D eigenvalue weighted by molar-refractivity contribution is 0.485. The second kappa shape index (κ2) is 9.32. The molecule has 0 bridgehead atoms. The molecule has 0 atom stereocenters. The maximum Gasteiger partial charge on any atom is 0.260 e. The van der Waals surface area contributed by atoms with Gasteiger partial charge in [0.2, 0.25) is 0 Å². The number of nitrogens with one attached hydrogen (secondary N) is 1. The Balaban J connectivity index is 1.31. The van der Waals surface area contributed by atoms with E-state index in [0.717, 1.165) is 27.3 Å². The van der Waals surface area contributed by atoms with E-state index < -0.39 is 0 Å². The van der Waals surface area contributed by atoms with Crippen LogP contribution in [0.15, 0.2) is 93.0 Å². The fraction of sp³-hybridized carbons (Fsp3) is 0.0800. The van der Waals surface area contributed by atoms with E-state index in [1.807, 2.05) is 64.5 Å². The van der Waals surface area contributed by atoms with Crippen molar-refractivity contribution in [3.8, 4) is 22.5 Å². The number of furan rings is 1. The van der Waals surface area contributed by atoms with Crippen molar-refractivity contribution in [2.24, 2.45) is 0 Å². The molecule has 8 nitrogen and oxygen atoms in total. The van der Waals surface area contributed by atoms with Crippen LogP contribution in [-0.2, 0) is 12.3 Å². The molecule has 0 aliphatic rings. The zero-order chi connectivity index (χ0) is 23.6. The third-order valence-electron chi connectivity index (χ3n) is 5.45. The Labute approximate surface area is 207 Å². The zero-order valence-electron chi connectivity index (χ0n) is 18.3. The van der Waals surface area contributed by atoms with Crippen molar-refractivity contribution in [1.82, 2.24) is 29.7 Å². The van der Waals surface area contributed by atoms with Gasteiger partial charge in [0.1, 0.15) is 16.4 Å². The first-order chi connectivity index (χ1) is 17.3. The molecule has 0 amide bonds. The molecule has 172 valence electrons. The van der Waals surface area contributed by atoms with Gasteiger partial charge in [-0.3, -0.25) is 14.3 Å². The lowest BCUT2D eigenvalue weighted by atomic mass is 10.1. The van der Waals surface area contributed by atoms with Gasteiger partial charge in [-0.25, -0.2) is 4.98 Å². The first-order valence-corrected chi connectivity index (χ1v) is 12.7. The molecule has 0 saturated carbocycles. The van der Waals surface area contributed by atoms with Crippen LogP contribution in [0.2, 0.25) is 0 Å². The van der Waals surface area contributed by atoms with Crippen LogP contribution in [0.1, 0.15) is 11.6 Å². The van der Waals surface area contributed by atoms with E-state index in [4.69, 9.17) is 9.40 Å². The van der Waals surface area contributed by atoms with E-state index >= 15 is 0 Å². The number of aromatic nitrogens is 6. The van der Waals surface area contributed by atoms with E-state index in [-0.39, 0.29) is 5.56 Å². The van der Waals surface area contributed by atoms with Crippen LogP contribution >= 0.6 is 23.1 Å². The lowest BCUT2D eigenvalue weighted by Crippen LogP contribution is -2.11. The summed E-state index contributed by atoms with van der Waals surface area (Å²) in [6, 6.07) is 17.4. The average molecular weight is 499 g/mol. The number of nitrogens with zero attached hydrogens (tertiary/aromatic N) is 5. The van der Waals surface area contributed by atoms with Gasteiger partial charge in [-0.05, 0) is 29.8 Å². The molecule has 5 heterocycles. The highest BCUT2D eigenvalue weighted by atomic mass is 32.2. The smallest absolute Gasteiger partial charge is 0.260 e. The highest BCUT2D eigenvalue weighted by Crippen LogP contribution is 2.31. The van der Waals surface area contributed by atoms with Crippen LogP contribution in [0.25, 0.3) is 32.7 Å². The average Bonchev–Trinajstić information content (AvgIpc) is 3.65. The van der Waals surface area contributed by atoms with E-state index in [0.29, 0.717) is 34.5 Å². The first kappa shape index (κ1) is 21.5. The van der Waals surface area contributed by atoms with Crippen LogP contribution < -0.4 is 5.56 Å². The summed E-state index contributed by atoms with van der Waals surface area (Å²) in [4.78, 5) is 25.6. The summed E-state index contributed by atoms with van der Waals surface area (Å²) in [5, 5.41) is 12.1. The van der Waals surface area contributed by atoms with Crippen molar-refractivity contribution in [2.75, 3.05) is 0 Å². The summed E-state index contributed by atoms with van der Waals surface area (Å²) < 4.78 is 7.54. The SMILES string of the molecule is O=c1[nH]c(CSc2nnc(-c3cccnc3)n2Cc2ccco2)nc2scc(-c3ccccc3)c12. The minimum absolute atomic E-state index is 0.140. The van der Waals surface area contributed by atoms with Gasteiger partial charge in [0.15, 0.2) is 11.0 Å². The molecule has 1 N–H and O–H groups in total. The maximum atomic E-state index is 13.0. The molecular weight excluding hydrogens is 480 g/mol. The molecule has 5 aromatic heterocycles. The zero-order valence-corrected chi connectivity index (χ0v) is 19.9. The van der Waals surface area contributed by atoms with Crippen molar-refractivity contribution < 1.29 is 4.42 Å². The molecule has 35 heavy (non-hydrogen) atoms. The Bertz CT molecular complexity index is 1640. The second-order valence-corrected chi connectivity index (χ2v) is 9.51. The highest BCUT2D eigenvalue weighted by Gasteiger charge is 2.18. The summed E-state index contributed by atoms with van der Waals surface area (Å²) >= 11 is 2.93. The normalized spacial score (nSPS) is 11.3. The summed E-state index contributed by atoms with van der Waals surface area (Å²) in [5.41, 5.74) is 2.62. The third kappa shape index (κ3) is 4.29. The Morgan fingerprint density at radius 1 is 1.03 bits per heavy atom. The van der Waals surface area contributed by atoms with Crippen LogP contribution in [0.3, 0.4) is 0 Å². The van der Waals surface area contributed by atoms with Crippen molar-refractivity contribution in [2.45, 2.75) is 17.5 Å². The van der Waals surface area contributed by atoms with E-state index in [1.54, 1.807) is 18.7 Å². The predicted octanol–water partition coefficient (Wildman–Crippen LogP) is 5.24. The topological polar surface area (TPSA) is 102 Å². The number of H-pyrrole nitrogens is 1. The summed E-state index contributed by atoms with van der Waals surface area (Å²) in [6.45, 7) is 0.473. The fourth-order valence-corrected chi connectivity index (χ4v) is 5.60. The summed E-state index contributed by atoms with van der Waals surface area (Å²) in [7, 11) is 0. The standard InChI is InChI=1S/C25H18N6O2S2/c32-23-21-19(16-6-2-1-3-7-16)14-34-24(21)28-20(27-23)15-35-25-30-29-22(17-8-4-10-26-12-17)31(25)13-18-9-5-11-33-18/h1-12,14H,13,15H2,(H,27,28,32). The van der Waals surface area contributed by atoms with Gasteiger partial charge in [0.25, 0.3) is 5.56 Å². The summed E-state index contributed by atoms with van der Waals surface area (Å²) in [6.07, 6.45) is 5.12. The molecule has 0 fully saturated rings. The molecule has 6 aromatic rings. The molecule has 10 heteroatoms. The first-order valence-electron chi connectivity index (χ1n) is 10.8. The number of benzene rings is 1. The third-order valence-corrected chi connectivity index (χ3v) is 7.30. The number of thioether (sulfide) groups is 1. The Morgan fingerprint density at radius 2 is 1.91 bits per heavy atom. The molecule has 0 spiro atoms. The van der Waals surface area contributed by atoms with Crippen LogP contribution in [0.5, 0.6) is 0 Å². The van der Waals surface area contributed by atoms with Gasteiger partial charge in [0.05, 0.1) is 23.9 Å². The molecule has 0 saturated heterocycles. The van der Waals surface area contributed by atoms with Gasteiger partial charge >= 0.3 is 0 Å². The lowest BCUT2D eigenvalue weighted by Gasteiger charge is -2.08. The van der Waals surface area contributed by atoms with E-state index in [2.05, 4.69) is 20.2 Å². The molecule has 0 unspecified atom stereocenters. The molecule has 0 radical (unpaired) electrons. The Kier molecular flexibility index (Phi) is 5.73. The van der Waals surface area contributed by atoms with Crippen molar-refractivity contribution in [3.63, 3.8) is 0 Å². The molecule has 0 aliphatic carbocycles. The van der Waals surface area contributed by atoms with Gasteiger partial charge in [-0.2, -0.15) is 0 Å². The van der Waals surface area contributed by atoms with E-state index in [9.17, 15) is 4.79 Å². The second-order valence-electron chi connectivity index (χ2n) is 7.71. The van der Waals surface area contributed by atoms with Crippen LogP contribution in [0.4, 0.5) is 0 Å². The molecular formula is C25H18N6O2S2. The summed E-state index contributed by atoms with van der Waals surface area (Å²) in [5.74, 6) is 2.51. The number of fused-ring (bicyclic) bond motifs is 1. The highest BCUT2D eigenvalue weighted by molar-refractivity contribution is 7.98. The van der Waals surface area contributed by atoms with Gasteiger partial charge in [0, 0.05) is 28.9 Å². The number of aromatic amines is 1. The van der Waals surface area contributed by atoms with Gasteiger partial charge in [-0.15, -0.1) is 21.5 Å². The minimum Gasteiger partial charge on any atom is -0.467 e. The number of rotatable bonds is 7. The molecule has 6 rings (SSSR count). The molecule has 0 aliphatic heterocycles. The largest absolute Gasteiger partial charge is 0.467 e. The minimum atomic E-state index is -0.140. The van der Waals surface area contributed by atoms with Crippen molar-refractivity contribution in [1.29, 1.82) is 0 Å². The monoisotopic (exact) mass is 498 g/mol. The van der Waals surface area contributed by atoms with Gasteiger partial charge in [-0.1, -0.05) is 42.1 Å². The maximum absolute atomic E-state index is 13.0. The number of hydrogen-bond donors (Lipinski definition) is 1. The predicted molar refractivity (Wildman–Crippen MR) is 136 cm³/mol. The Morgan fingerprint density at radius 3 is 2.71 bits per heavy atom. The Hall–Kier alpha value is -4.02. The van der Waals surface area contributed by atoms with Crippen LogP contribution in [0, 0.1) is 0 Å². The van der Waals surface area contributed by atoms with Crippen LogP contribution in [-0.4, -0.2) is 29.7 Å². The number of pyridine rings is 1. The van der Waals surface area contributed by atoms with Crippen molar-refractivity contribution in [3.05, 3.63) is 101 Å². The van der Waals surface area contributed by atoms with E-state index in [1.165, 1.54) is 23.1 Å². The molecule has 1 aromatic carbocycles. The number of thiophene rings is 1. The van der Waals surface area contributed by atoms with Crippen molar-refractivity contribution >= 4 is 33.3 Å². The quantitative estimate of drug-likeness (QED) is 0.300.